The fraction of sp³-hybridized carbons (Fsp3) is 0.0196. The van der Waals surface area contributed by atoms with Crippen molar-refractivity contribution in [3.8, 4) is 16.8 Å². The molecule has 0 bridgehead atoms. The van der Waals surface area contributed by atoms with Crippen LogP contribution in [0.4, 0.5) is 0 Å². The van der Waals surface area contributed by atoms with Crippen LogP contribution >= 0.6 is 11.3 Å². The molecular weight excluding hydrogens is 717 g/mol. The number of rotatable bonds is 5. The molecule has 5 nitrogen and oxygen atoms in total. The Morgan fingerprint density at radius 1 is 0.509 bits per heavy atom. The van der Waals surface area contributed by atoms with Crippen LogP contribution in [0, 0.1) is 0 Å². The highest BCUT2D eigenvalue weighted by Gasteiger charge is 2.25. The minimum absolute atomic E-state index is 0.365. The molecule has 0 radical (unpaired) electrons. The van der Waals surface area contributed by atoms with Gasteiger partial charge in [0.05, 0.1) is 11.0 Å². The van der Waals surface area contributed by atoms with E-state index in [1.165, 1.54) is 53.2 Å². The predicted molar refractivity (Wildman–Crippen MR) is 238 cm³/mol. The summed E-state index contributed by atoms with van der Waals surface area (Å²) in [7, 11) is 0. The highest BCUT2D eigenvalue weighted by Crippen LogP contribution is 2.44. The molecule has 0 saturated heterocycles. The van der Waals surface area contributed by atoms with Crippen LogP contribution in [0.3, 0.4) is 0 Å². The van der Waals surface area contributed by atoms with Crippen LogP contribution in [-0.2, 0) is 0 Å². The van der Waals surface area contributed by atoms with Crippen molar-refractivity contribution in [2.75, 3.05) is 0 Å². The van der Waals surface area contributed by atoms with Crippen molar-refractivity contribution >= 4 is 86.9 Å². The summed E-state index contributed by atoms with van der Waals surface area (Å²) in [6, 6.07) is 64.3. The summed E-state index contributed by atoms with van der Waals surface area (Å²) in [6.07, 6.45) is -0.365. The van der Waals surface area contributed by atoms with Crippen molar-refractivity contribution in [3.05, 3.63) is 199 Å². The third-order valence-electron chi connectivity index (χ3n) is 11.3. The molecule has 11 aromatic rings. The minimum atomic E-state index is -0.365. The second kappa shape index (κ2) is 12.6. The average Bonchev–Trinajstić information content (AvgIpc) is 3.96. The van der Waals surface area contributed by atoms with Gasteiger partial charge in [-0.1, -0.05) is 133 Å². The number of nitrogens with zero attached hydrogens (tertiary/aromatic N) is 3. The van der Waals surface area contributed by atoms with E-state index in [-0.39, 0.29) is 6.17 Å². The lowest BCUT2D eigenvalue weighted by molar-refractivity contribution is 0.662. The summed E-state index contributed by atoms with van der Waals surface area (Å²) in [5, 5.41) is 10.8. The first-order valence-corrected chi connectivity index (χ1v) is 20.0. The van der Waals surface area contributed by atoms with Gasteiger partial charge in [-0.2, -0.15) is 0 Å². The molecule has 0 aliphatic carbocycles. The summed E-state index contributed by atoms with van der Waals surface area (Å²) in [6.45, 7) is 0. The van der Waals surface area contributed by atoms with Crippen molar-refractivity contribution in [3.63, 3.8) is 0 Å². The van der Waals surface area contributed by atoms with Gasteiger partial charge in [0, 0.05) is 64.1 Å². The average molecular weight is 749 g/mol. The van der Waals surface area contributed by atoms with Gasteiger partial charge in [0.2, 0.25) is 0 Å². The van der Waals surface area contributed by atoms with Crippen LogP contribution in [0.25, 0.3) is 80.7 Å². The smallest absolute Gasteiger partial charge is 0.159 e. The summed E-state index contributed by atoms with van der Waals surface area (Å²) in [4.78, 5) is 10.2. The molecule has 4 heterocycles. The van der Waals surface area contributed by atoms with Gasteiger partial charge < -0.3 is 14.3 Å². The first kappa shape index (κ1) is 32.0. The fourth-order valence-corrected chi connectivity index (χ4v) is 9.88. The van der Waals surface area contributed by atoms with E-state index in [4.69, 9.17) is 14.4 Å². The molecule has 6 heteroatoms. The van der Waals surface area contributed by atoms with E-state index in [2.05, 4.69) is 155 Å². The Morgan fingerprint density at radius 3 is 2.00 bits per heavy atom. The summed E-state index contributed by atoms with van der Waals surface area (Å²) in [5.41, 5.74) is 10.6. The summed E-state index contributed by atoms with van der Waals surface area (Å²) < 4.78 is 11.6. The molecule has 0 fully saturated rings. The van der Waals surface area contributed by atoms with Gasteiger partial charge in [-0.25, -0.2) is 9.98 Å². The van der Waals surface area contributed by atoms with Crippen molar-refractivity contribution < 1.29 is 4.42 Å². The van der Waals surface area contributed by atoms with Crippen LogP contribution in [0.15, 0.2) is 196 Å². The number of aromatic nitrogens is 1. The van der Waals surface area contributed by atoms with Crippen molar-refractivity contribution in [2.45, 2.75) is 6.17 Å². The highest BCUT2D eigenvalue weighted by molar-refractivity contribution is 7.26. The Labute approximate surface area is 331 Å². The number of fused-ring (bicyclic) bond motifs is 9. The summed E-state index contributed by atoms with van der Waals surface area (Å²) >= 11 is 1.85. The number of thiophene rings is 1. The fourth-order valence-electron chi connectivity index (χ4n) is 8.71. The minimum Gasteiger partial charge on any atom is -0.456 e. The number of amidine groups is 2. The lowest BCUT2D eigenvalue weighted by Gasteiger charge is -2.24. The van der Waals surface area contributed by atoms with E-state index in [0.29, 0.717) is 5.84 Å². The molecule has 0 amide bonds. The normalized spacial score (nSPS) is 14.5. The third kappa shape index (κ3) is 5.08. The van der Waals surface area contributed by atoms with Gasteiger partial charge in [0.25, 0.3) is 0 Å². The van der Waals surface area contributed by atoms with Crippen LogP contribution < -0.4 is 5.32 Å². The van der Waals surface area contributed by atoms with Crippen LogP contribution in [0.5, 0.6) is 0 Å². The molecule has 0 spiro atoms. The molecule has 1 aliphatic rings. The van der Waals surface area contributed by atoms with Gasteiger partial charge in [-0.15, -0.1) is 11.3 Å². The molecule has 0 saturated carbocycles. The number of aliphatic imine (C=N–C) groups is 2. The molecule has 1 N–H and O–H groups in total. The van der Waals surface area contributed by atoms with Crippen LogP contribution in [-0.4, -0.2) is 16.2 Å². The van der Waals surface area contributed by atoms with Crippen LogP contribution in [0.2, 0.25) is 0 Å². The third-order valence-corrected chi connectivity index (χ3v) is 12.4. The van der Waals surface area contributed by atoms with Gasteiger partial charge >= 0.3 is 0 Å². The molecule has 8 aromatic carbocycles. The van der Waals surface area contributed by atoms with Gasteiger partial charge in [-0.05, 0) is 59.7 Å². The first-order valence-electron chi connectivity index (χ1n) is 19.2. The lowest BCUT2D eigenvalue weighted by Crippen LogP contribution is -2.33. The number of hydrogen-bond donors (Lipinski definition) is 1. The Balaban J connectivity index is 0.971. The number of nitrogens with one attached hydrogen (secondary N) is 1. The molecule has 1 aliphatic heterocycles. The Hall–Kier alpha value is -7.28. The van der Waals surface area contributed by atoms with E-state index < -0.39 is 0 Å². The van der Waals surface area contributed by atoms with Gasteiger partial charge in [0.15, 0.2) is 5.84 Å². The van der Waals surface area contributed by atoms with Crippen molar-refractivity contribution in [1.82, 2.24) is 9.88 Å². The molecule has 1 unspecified atom stereocenters. The molecule has 57 heavy (non-hydrogen) atoms. The van der Waals surface area contributed by atoms with Gasteiger partial charge in [-0.3, -0.25) is 0 Å². The zero-order valence-electron chi connectivity index (χ0n) is 30.6. The number of furan rings is 1. The lowest BCUT2D eigenvalue weighted by atomic mass is 9.97. The zero-order valence-corrected chi connectivity index (χ0v) is 31.4. The monoisotopic (exact) mass is 748 g/mol. The SMILES string of the molecule is c1ccc(C2=NC(c3cccc4oc5cc(-c6cccc7sc8cc(-n9c%10ccccc%10c%10ccccc%109)ccc8c67)ccc5c34)NC(c3ccccc3)=N2)cc1. The molecule has 268 valence electrons. The van der Waals surface area contributed by atoms with Crippen molar-refractivity contribution in [1.29, 1.82) is 0 Å². The number of benzene rings is 8. The van der Waals surface area contributed by atoms with E-state index in [1.807, 2.05) is 47.7 Å². The molecule has 1 atom stereocenters. The molecular formula is C51H32N4OS. The Morgan fingerprint density at radius 2 is 1.21 bits per heavy atom. The van der Waals surface area contributed by atoms with E-state index in [1.54, 1.807) is 0 Å². The largest absolute Gasteiger partial charge is 0.456 e. The standard InChI is InChI=1S/C51H32N4OS/c1-3-13-31(14-4-1)49-52-50(32-15-5-2-6-16-32)54-51(53-49)40-20-11-23-43-47(40)38-27-25-33(29-44(38)56-43)35-19-12-24-45-48(35)39-28-26-34(30-46(39)57-45)55-41-21-9-7-17-36(41)37-18-8-10-22-42(37)55/h1-30,51H,(H,52,53,54). The van der Waals surface area contributed by atoms with Gasteiger partial charge in [0.1, 0.15) is 23.2 Å². The predicted octanol–water partition coefficient (Wildman–Crippen LogP) is 13.2. The molecule has 3 aromatic heterocycles. The Kier molecular flexibility index (Phi) is 7.09. The topological polar surface area (TPSA) is 54.8 Å². The van der Waals surface area contributed by atoms with Crippen LogP contribution in [0.1, 0.15) is 22.9 Å². The molecule has 12 rings (SSSR count). The van der Waals surface area contributed by atoms with E-state index in [9.17, 15) is 0 Å². The quantitative estimate of drug-likeness (QED) is 0.191. The zero-order chi connectivity index (χ0) is 37.5. The van der Waals surface area contributed by atoms with Crippen molar-refractivity contribution in [2.24, 2.45) is 9.98 Å². The maximum atomic E-state index is 6.67. The number of hydrogen-bond acceptors (Lipinski definition) is 5. The first-order chi connectivity index (χ1) is 28.2. The second-order valence-electron chi connectivity index (χ2n) is 14.6. The maximum absolute atomic E-state index is 6.67. The highest BCUT2D eigenvalue weighted by atomic mass is 32.1. The van der Waals surface area contributed by atoms with E-state index >= 15 is 0 Å². The number of para-hydroxylation sites is 2. The Bertz CT molecular complexity index is 3390. The van der Waals surface area contributed by atoms with E-state index in [0.717, 1.165) is 50.0 Å². The maximum Gasteiger partial charge on any atom is 0.159 e. The summed E-state index contributed by atoms with van der Waals surface area (Å²) in [5.74, 6) is 1.49. The second-order valence-corrected chi connectivity index (χ2v) is 15.6.